The summed E-state index contributed by atoms with van der Waals surface area (Å²) in [6.07, 6.45) is -9.94. The maximum absolute atomic E-state index is 14.6. The molecule has 0 aliphatic heterocycles. The second-order valence-electron chi connectivity index (χ2n) is 9.85. The first kappa shape index (κ1) is 31.3. The number of aryl methyl sites for hydroxylation is 2. The first-order valence-electron chi connectivity index (χ1n) is 11.7. The number of halogens is 8. The molecule has 0 aliphatic carbocycles. The standard InChI is InChI=1S/C28H25F8O3S/c1-15-10-19(11-16(2)25(15)38-14-24(37)39-26(3,4)5)40(17-6-8-20(22(29)12-17)27(31,32)33)18-7-9-21(23(30)13-18)28(34,35)36/h6-13H,14H2,1-5H3/q+1. The van der Waals surface area contributed by atoms with E-state index in [1.165, 1.54) is 12.1 Å². The van der Waals surface area contributed by atoms with E-state index in [0.29, 0.717) is 46.0 Å². The van der Waals surface area contributed by atoms with Crippen LogP contribution in [0, 0.1) is 25.5 Å². The van der Waals surface area contributed by atoms with Crippen LogP contribution in [0.3, 0.4) is 0 Å². The third-order valence-corrected chi connectivity index (χ3v) is 7.55. The van der Waals surface area contributed by atoms with E-state index in [1.807, 2.05) is 0 Å². The predicted octanol–water partition coefficient (Wildman–Crippen LogP) is 8.44. The summed E-state index contributed by atoms with van der Waals surface area (Å²) in [6.45, 7) is 7.87. The van der Waals surface area contributed by atoms with Gasteiger partial charge in [0.15, 0.2) is 21.3 Å². The van der Waals surface area contributed by atoms with Gasteiger partial charge in [0.05, 0.1) is 22.0 Å². The van der Waals surface area contributed by atoms with E-state index in [9.17, 15) is 39.9 Å². The van der Waals surface area contributed by atoms with E-state index in [4.69, 9.17) is 9.47 Å². The van der Waals surface area contributed by atoms with E-state index < -0.39 is 64.2 Å². The largest absolute Gasteiger partial charge is 0.481 e. The molecule has 0 saturated carbocycles. The molecule has 0 aliphatic rings. The van der Waals surface area contributed by atoms with E-state index >= 15 is 0 Å². The van der Waals surface area contributed by atoms with Crippen LogP contribution in [0.5, 0.6) is 5.75 Å². The minimum Gasteiger partial charge on any atom is -0.481 e. The van der Waals surface area contributed by atoms with Crippen molar-refractivity contribution in [2.45, 2.75) is 67.3 Å². The van der Waals surface area contributed by atoms with Gasteiger partial charge in [0.25, 0.3) is 0 Å². The van der Waals surface area contributed by atoms with E-state index in [1.54, 1.807) is 34.6 Å². The van der Waals surface area contributed by atoms with Crippen molar-refractivity contribution in [1.29, 1.82) is 0 Å². The Morgan fingerprint density at radius 1 is 0.725 bits per heavy atom. The molecule has 0 unspecified atom stereocenters. The zero-order chi connectivity index (χ0) is 30.2. The lowest BCUT2D eigenvalue weighted by molar-refractivity contribution is -0.157. The van der Waals surface area contributed by atoms with Crippen LogP contribution in [-0.2, 0) is 32.8 Å². The molecular formula is C28H25F8O3S+. The molecule has 0 radical (unpaired) electrons. The molecular weight excluding hydrogens is 568 g/mol. The van der Waals surface area contributed by atoms with Crippen molar-refractivity contribution in [3.05, 3.63) is 82.4 Å². The van der Waals surface area contributed by atoms with Gasteiger partial charge in [-0.2, -0.15) is 26.3 Å². The number of carbonyl (C=O) groups is 1. The lowest BCUT2D eigenvalue weighted by Crippen LogP contribution is -2.27. The lowest BCUT2D eigenvalue weighted by Gasteiger charge is -2.20. The van der Waals surface area contributed by atoms with Gasteiger partial charge in [0.1, 0.15) is 23.0 Å². The fraction of sp³-hybridized carbons (Fsp3) is 0.321. The third-order valence-electron chi connectivity index (χ3n) is 5.39. The first-order chi connectivity index (χ1) is 18.3. The molecule has 0 saturated heterocycles. The van der Waals surface area contributed by atoms with Crippen LogP contribution in [0.2, 0.25) is 0 Å². The zero-order valence-corrected chi connectivity index (χ0v) is 22.8. The molecule has 0 N–H and O–H groups in total. The van der Waals surface area contributed by atoms with Gasteiger partial charge >= 0.3 is 18.3 Å². The summed E-state index contributed by atoms with van der Waals surface area (Å²) in [6, 6.07) is 7.41. The second kappa shape index (κ2) is 11.3. The van der Waals surface area contributed by atoms with Crippen molar-refractivity contribution in [2.24, 2.45) is 0 Å². The summed E-state index contributed by atoms with van der Waals surface area (Å²) in [5.41, 5.74) is -2.84. The number of benzene rings is 3. The number of hydrogen-bond acceptors (Lipinski definition) is 3. The van der Waals surface area contributed by atoms with Crippen LogP contribution in [0.25, 0.3) is 0 Å². The number of carbonyl (C=O) groups excluding carboxylic acids is 1. The highest BCUT2D eigenvalue weighted by Gasteiger charge is 2.39. The second-order valence-corrected chi connectivity index (χ2v) is 11.9. The Balaban J connectivity index is 2.11. The summed E-state index contributed by atoms with van der Waals surface area (Å²) in [5.74, 6) is -3.49. The molecule has 0 spiro atoms. The summed E-state index contributed by atoms with van der Waals surface area (Å²) in [4.78, 5) is 12.4. The number of ether oxygens (including phenoxy) is 2. The van der Waals surface area contributed by atoms with Crippen molar-refractivity contribution < 1.29 is 49.4 Å². The highest BCUT2D eigenvalue weighted by Crippen LogP contribution is 2.40. The quantitative estimate of drug-likeness (QED) is 0.164. The Morgan fingerprint density at radius 3 is 1.50 bits per heavy atom. The van der Waals surface area contributed by atoms with Gasteiger partial charge in [-0.3, -0.25) is 0 Å². The average Bonchev–Trinajstić information content (AvgIpc) is 2.76. The molecule has 3 rings (SSSR count). The van der Waals surface area contributed by atoms with Gasteiger partial charge in [-0.25, -0.2) is 13.6 Å². The Morgan fingerprint density at radius 2 is 1.15 bits per heavy atom. The van der Waals surface area contributed by atoms with Crippen LogP contribution in [0.15, 0.2) is 63.2 Å². The third kappa shape index (κ3) is 7.47. The molecule has 0 atom stereocenters. The zero-order valence-electron chi connectivity index (χ0n) is 22.0. The molecule has 3 aromatic rings. The monoisotopic (exact) mass is 593 g/mol. The minimum atomic E-state index is -4.97. The van der Waals surface area contributed by atoms with Crippen LogP contribution in [0.4, 0.5) is 35.1 Å². The summed E-state index contributed by atoms with van der Waals surface area (Å²) in [5, 5.41) is 0. The van der Waals surface area contributed by atoms with Gasteiger partial charge in [-0.15, -0.1) is 0 Å². The molecule has 0 bridgehead atoms. The minimum absolute atomic E-state index is 0.0223. The van der Waals surface area contributed by atoms with Gasteiger partial charge in [-0.05, 0) is 70.0 Å². The molecule has 40 heavy (non-hydrogen) atoms. The smallest absolute Gasteiger partial charge is 0.419 e. The van der Waals surface area contributed by atoms with Gasteiger partial charge in [0.2, 0.25) is 0 Å². The van der Waals surface area contributed by atoms with Crippen LogP contribution in [0.1, 0.15) is 43.0 Å². The fourth-order valence-electron chi connectivity index (χ4n) is 3.87. The lowest BCUT2D eigenvalue weighted by atomic mass is 10.1. The predicted molar refractivity (Wildman–Crippen MR) is 132 cm³/mol. The van der Waals surface area contributed by atoms with Gasteiger partial charge in [0, 0.05) is 24.3 Å². The first-order valence-corrected chi connectivity index (χ1v) is 12.9. The highest BCUT2D eigenvalue weighted by molar-refractivity contribution is 7.97. The van der Waals surface area contributed by atoms with Crippen molar-refractivity contribution in [3.8, 4) is 5.75 Å². The van der Waals surface area contributed by atoms with E-state index in [-0.39, 0.29) is 9.79 Å². The van der Waals surface area contributed by atoms with Crippen molar-refractivity contribution in [1.82, 2.24) is 0 Å². The number of alkyl halides is 6. The van der Waals surface area contributed by atoms with Crippen molar-refractivity contribution in [2.75, 3.05) is 6.61 Å². The number of esters is 1. The molecule has 0 aromatic heterocycles. The normalized spacial score (nSPS) is 12.6. The maximum Gasteiger partial charge on any atom is 0.419 e. The summed E-state index contributed by atoms with van der Waals surface area (Å²) >= 11 is 0. The Labute approximate surface area is 228 Å². The maximum atomic E-state index is 14.6. The molecule has 0 amide bonds. The summed E-state index contributed by atoms with van der Waals surface area (Å²) < 4.78 is 119. The van der Waals surface area contributed by atoms with Crippen molar-refractivity contribution in [3.63, 3.8) is 0 Å². The van der Waals surface area contributed by atoms with Crippen LogP contribution < -0.4 is 4.74 Å². The SMILES string of the molecule is Cc1cc([S+](c2ccc(C(F)(F)F)c(F)c2)c2ccc(C(F)(F)F)c(F)c2)cc(C)c1OCC(=O)OC(C)(C)C. The molecule has 12 heteroatoms. The molecule has 3 nitrogen and oxygen atoms in total. The Bertz CT molecular complexity index is 1320. The Kier molecular flexibility index (Phi) is 8.83. The van der Waals surface area contributed by atoms with Crippen LogP contribution >= 0.6 is 0 Å². The van der Waals surface area contributed by atoms with Crippen molar-refractivity contribution >= 4 is 16.9 Å². The topological polar surface area (TPSA) is 35.5 Å². The number of hydrogen-bond donors (Lipinski definition) is 0. The van der Waals surface area contributed by atoms with Gasteiger partial charge < -0.3 is 9.47 Å². The molecule has 0 fully saturated rings. The molecule has 0 heterocycles. The molecule has 3 aromatic carbocycles. The van der Waals surface area contributed by atoms with E-state index in [0.717, 1.165) is 12.1 Å². The fourth-order valence-corrected chi connectivity index (χ4v) is 6.13. The van der Waals surface area contributed by atoms with E-state index in [2.05, 4.69) is 0 Å². The Hall–Kier alpha value is -3.28. The number of rotatable bonds is 6. The molecule has 216 valence electrons. The van der Waals surface area contributed by atoms with Gasteiger partial charge in [-0.1, -0.05) is 0 Å². The average molecular weight is 594 g/mol. The highest BCUT2D eigenvalue weighted by atomic mass is 32.2. The summed E-state index contributed by atoms with van der Waals surface area (Å²) in [7, 11) is -1.52. The van der Waals surface area contributed by atoms with Crippen LogP contribution in [-0.4, -0.2) is 18.2 Å².